The number of piperidine rings is 1. The molecule has 3 heteroatoms. The fraction of sp³-hybridized carbons (Fsp3) is 1.00. The molecule has 0 aromatic heterocycles. The van der Waals surface area contributed by atoms with Crippen LogP contribution in [0.5, 0.6) is 0 Å². The molecule has 0 spiro atoms. The Hall–Kier alpha value is -0.120. The average Bonchev–Trinajstić information content (AvgIpc) is 2.96. The predicted molar refractivity (Wildman–Crippen MR) is 57.3 cm³/mol. The van der Waals surface area contributed by atoms with E-state index in [1.165, 1.54) is 25.9 Å². The number of aliphatic hydroxyl groups excluding tert-OH is 1. The van der Waals surface area contributed by atoms with Gasteiger partial charge in [0.15, 0.2) is 0 Å². The van der Waals surface area contributed by atoms with Crippen LogP contribution in [0.3, 0.4) is 0 Å². The minimum atomic E-state index is 0.121. The molecule has 1 aliphatic carbocycles. The molecule has 2 fully saturated rings. The van der Waals surface area contributed by atoms with Crippen LogP contribution in [-0.2, 0) is 0 Å². The van der Waals surface area contributed by atoms with E-state index in [4.69, 9.17) is 5.11 Å². The van der Waals surface area contributed by atoms with Crippen molar-refractivity contribution < 1.29 is 5.11 Å². The zero-order valence-electron chi connectivity index (χ0n) is 9.13. The van der Waals surface area contributed by atoms with Gasteiger partial charge in [-0.05, 0) is 51.7 Å². The summed E-state index contributed by atoms with van der Waals surface area (Å²) in [4.78, 5) is 2.41. The lowest BCUT2D eigenvalue weighted by atomic mass is 9.98. The molecule has 14 heavy (non-hydrogen) atoms. The van der Waals surface area contributed by atoms with Crippen molar-refractivity contribution in [1.82, 2.24) is 10.2 Å². The van der Waals surface area contributed by atoms with Crippen LogP contribution in [0.4, 0.5) is 0 Å². The maximum absolute atomic E-state index is 9.17. The third-order valence-corrected chi connectivity index (χ3v) is 3.64. The highest BCUT2D eigenvalue weighted by atomic mass is 16.3. The van der Waals surface area contributed by atoms with Crippen molar-refractivity contribution in [3.05, 3.63) is 0 Å². The molecular formula is C11H22N2O. The SMILES string of the molecule is CN1CCCC(CNC2(CO)CC2)C1. The summed E-state index contributed by atoms with van der Waals surface area (Å²) in [6.45, 7) is 3.87. The fourth-order valence-corrected chi connectivity index (χ4v) is 2.34. The smallest absolute Gasteiger partial charge is 0.0613 e. The van der Waals surface area contributed by atoms with Crippen molar-refractivity contribution in [2.45, 2.75) is 31.2 Å². The first-order valence-corrected chi connectivity index (χ1v) is 5.78. The van der Waals surface area contributed by atoms with Crippen LogP contribution in [0.25, 0.3) is 0 Å². The molecule has 0 bridgehead atoms. The zero-order valence-corrected chi connectivity index (χ0v) is 9.13. The third-order valence-electron chi connectivity index (χ3n) is 3.64. The first kappa shape index (κ1) is 10.4. The summed E-state index contributed by atoms with van der Waals surface area (Å²) in [6.07, 6.45) is 4.99. The number of likely N-dealkylation sites (tertiary alicyclic amines) is 1. The summed E-state index contributed by atoms with van der Waals surface area (Å²) in [5, 5.41) is 12.7. The van der Waals surface area contributed by atoms with Gasteiger partial charge < -0.3 is 15.3 Å². The third kappa shape index (κ3) is 2.47. The Morgan fingerprint density at radius 1 is 1.50 bits per heavy atom. The monoisotopic (exact) mass is 198 g/mol. The molecule has 1 unspecified atom stereocenters. The highest BCUT2D eigenvalue weighted by molar-refractivity contribution is 5.01. The van der Waals surface area contributed by atoms with E-state index < -0.39 is 0 Å². The second-order valence-electron chi connectivity index (χ2n) is 5.09. The molecule has 1 saturated carbocycles. The number of hydrogen-bond donors (Lipinski definition) is 2. The van der Waals surface area contributed by atoms with Crippen LogP contribution < -0.4 is 5.32 Å². The molecule has 1 aliphatic heterocycles. The lowest BCUT2D eigenvalue weighted by molar-refractivity contribution is 0.184. The summed E-state index contributed by atoms with van der Waals surface area (Å²) in [7, 11) is 2.20. The molecule has 2 aliphatic rings. The van der Waals surface area contributed by atoms with Crippen molar-refractivity contribution in [1.29, 1.82) is 0 Å². The summed E-state index contributed by atoms with van der Waals surface area (Å²) in [5.41, 5.74) is 0.121. The number of nitrogens with one attached hydrogen (secondary N) is 1. The van der Waals surface area contributed by atoms with E-state index in [-0.39, 0.29) is 5.54 Å². The number of aliphatic hydroxyl groups is 1. The molecule has 2 rings (SSSR count). The topological polar surface area (TPSA) is 35.5 Å². The first-order valence-electron chi connectivity index (χ1n) is 5.78. The van der Waals surface area contributed by atoms with Crippen LogP contribution in [0.1, 0.15) is 25.7 Å². The van der Waals surface area contributed by atoms with Gasteiger partial charge in [-0.1, -0.05) is 0 Å². The van der Waals surface area contributed by atoms with Crippen molar-refractivity contribution in [2.75, 3.05) is 33.3 Å². The van der Waals surface area contributed by atoms with Crippen LogP contribution in [0.15, 0.2) is 0 Å². The van der Waals surface area contributed by atoms with Crippen LogP contribution in [0, 0.1) is 5.92 Å². The van der Waals surface area contributed by atoms with Gasteiger partial charge in [0.25, 0.3) is 0 Å². The number of rotatable bonds is 4. The molecule has 2 N–H and O–H groups in total. The molecule has 0 amide bonds. The summed E-state index contributed by atoms with van der Waals surface area (Å²) in [6, 6.07) is 0. The Morgan fingerprint density at radius 3 is 2.86 bits per heavy atom. The van der Waals surface area contributed by atoms with Gasteiger partial charge in [0.05, 0.1) is 6.61 Å². The van der Waals surface area contributed by atoms with Gasteiger partial charge >= 0.3 is 0 Å². The lowest BCUT2D eigenvalue weighted by Gasteiger charge is -2.31. The second kappa shape index (κ2) is 4.17. The Labute approximate surface area is 86.5 Å². The van der Waals surface area contributed by atoms with Gasteiger partial charge in [-0.25, -0.2) is 0 Å². The molecule has 82 valence electrons. The van der Waals surface area contributed by atoms with E-state index >= 15 is 0 Å². The fourth-order valence-electron chi connectivity index (χ4n) is 2.34. The largest absolute Gasteiger partial charge is 0.394 e. The zero-order chi connectivity index (χ0) is 10.0. The minimum Gasteiger partial charge on any atom is -0.394 e. The molecule has 3 nitrogen and oxygen atoms in total. The molecule has 0 aromatic rings. The maximum Gasteiger partial charge on any atom is 0.0613 e. The molecular weight excluding hydrogens is 176 g/mol. The molecule has 0 aromatic carbocycles. The van der Waals surface area contributed by atoms with Gasteiger partial charge in [0.2, 0.25) is 0 Å². The molecule has 1 saturated heterocycles. The highest BCUT2D eigenvalue weighted by Gasteiger charge is 2.41. The molecule has 1 heterocycles. The highest BCUT2D eigenvalue weighted by Crippen LogP contribution is 2.34. The Kier molecular flexibility index (Phi) is 3.10. The standard InChI is InChI=1S/C11H22N2O/c1-13-6-2-3-10(8-13)7-12-11(9-14)4-5-11/h10,12,14H,2-9H2,1H3. The number of hydrogen-bond acceptors (Lipinski definition) is 3. The van der Waals surface area contributed by atoms with E-state index in [1.807, 2.05) is 0 Å². The van der Waals surface area contributed by atoms with Gasteiger partial charge in [0, 0.05) is 12.1 Å². The van der Waals surface area contributed by atoms with Crippen LogP contribution >= 0.6 is 0 Å². The van der Waals surface area contributed by atoms with Crippen molar-refractivity contribution in [2.24, 2.45) is 5.92 Å². The number of nitrogens with zero attached hydrogens (tertiary/aromatic N) is 1. The molecule has 0 radical (unpaired) electrons. The van der Waals surface area contributed by atoms with E-state index in [1.54, 1.807) is 0 Å². The summed E-state index contributed by atoms with van der Waals surface area (Å²) in [5.74, 6) is 0.790. The Bertz CT molecular complexity index is 192. The van der Waals surface area contributed by atoms with Gasteiger partial charge in [-0.15, -0.1) is 0 Å². The second-order valence-corrected chi connectivity index (χ2v) is 5.09. The van der Waals surface area contributed by atoms with Crippen LogP contribution in [0.2, 0.25) is 0 Å². The first-order chi connectivity index (χ1) is 6.74. The average molecular weight is 198 g/mol. The van der Waals surface area contributed by atoms with Crippen molar-refractivity contribution in [3.63, 3.8) is 0 Å². The lowest BCUT2D eigenvalue weighted by Crippen LogP contribution is -2.43. The van der Waals surface area contributed by atoms with E-state index in [0.717, 1.165) is 25.3 Å². The predicted octanol–water partition coefficient (Wildman–Crippen LogP) is 0.443. The van der Waals surface area contributed by atoms with E-state index in [0.29, 0.717) is 6.61 Å². The minimum absolute atomic E-state index is 0.121. The van der Waals surface area contributed by atoms with Gasteiger partial charge in [-0.2, -0.15) is 0 Å². The van der Waals surface area contributed by atoms with Crippen molar-refractivity contribution >= 4 is 0 Å². The van der Waals surface area contributed by atoms with Crippen LogP contribution in [-0.4, -0.2) is 48.8 Å². The van der Waals surface area contributed by atoms with Gasteiger partial charge in [0.1, 0.15) is 0 Å². The Balaban J connectivity index is 1.69. The Morgan fingerprint density at radius 2 is 2.29 bits per heavy atom. The summed E-state index contributed by atoms with van der Waals surface area (Å²) < 4.78 is 0. The van der Waals surface area contributed by atoms with Crippen molar-refractivity contribution in [3.8, 4) is 0 Å². The maximum atomic E-state index is 9.17. The van der Waals surface area contributed by atoms with E-state index in [9.17, 15) is 0 Å². The van der Waals surface area contributed by atoms with E-state index in [2.05, 4.69) is 17.3 Å². The molecule has 1 atom stereocenters. The normalized spacial score (nSPS) is 31.7. The summed E-state index contributed by atoms with van der Waals surface area (Å²) >= 11 is 0. The van der Waals surface area contributed by atoms with Gasteiger partial charge in [-0.3, -0.25) is 0 Å². The quantitative estimate of drug-likeness (QED) is 0.688.